The van der Waals surface area contributed by atoms with Crippen molar-refractivity contribution in [3.05, 3.63) is 59.2 Å². The number of halogens is 3. The van der Waals surface area contributed by atoms with E-state index in [-0.39, 0.29) is 12.5 Å². The molecule has 2 amide bonds. The molecular weight excluding hydrogens is 373 g/mol. The third kappa shape index (κ3) is 4.17. The Morgan fingerprint density at radius 2 is 1.93 bits per heavy atom. The van der Waals surface area contributed by atoms with E-state index in [2.05, 4.69) is 5.32 Å². The predicted octanol–water partition coefficient (Wildman–Crippen LogP) is 3.88. The molecule has 0 bridgehead atoms. The Labute approximate surface area is 160 Å². The van der Waals surface area contributed by atoms with Crippen LogP contribution in [0.5, 0.6) is 0 Å². The van der Waals surface area contributed by atoms with Gasteiger partial charge in [-0.15, -0.1) is 0 Å². The number of rotatable bonds is 4. The molecule has 28 heavy (non-hydrogen) atoms. The van der Waals surface area contributed by atoms with Crippen molar-refractivity contribution in [3.63, 3.8) is 0 Å². The molecule has 0 saturated heterocycles. The molecule has 1 heterocycles. The number of methoxy groups -OCH3 is 1. The maximum absolute atomic E-state index is 13.1. The van der Waals surface area contributed by atoms with E-state index in [1.165, 1.54) is 19.2 Å². The lowest BCUT2D eigenvalue weighted by Crippen LogP contribution is -2.37. The standard InChI is InChI=1S/C20H19F3N2O3/c1-28-12-18(26)25-10-4-5-13-11-14(8-9-17(13)25)24-19(27)15-6-2-3-7-16(15)20(21,22)23/h2-3,6-9,11H,4-5,10,12H2,1H3,(H,24,27). The van der Waals surface area contributed by atoms with E-state index in [1.807, 2.05) is 0 Å². The Bertz CT molecular complexity index is 897. The molecule has 1 aliphatic rings. The minimum absolute atomic E-state index is 0.0356. The summed E-state index contributed by atoms with van der Waals surface area (Å²) < 4.78 is 44.3. The summed E-state index contributed by atoms with van der Waals surface area (Å²) >= 11 is 0. The molecular formula is C20H19F3N2O3. The molecule has 3 rings (SSSR count). The zero-order valence-corrected chi connectivity index (χ0v) is 15.2. The van der Waals surface area contributed by atoms with Gasteiger partial charge >= 0.3 is 6.18 Å². The summed E-state index contributed by atoms with van der Waals surface area (Å²) in [7, 11) is 1.44. The average molecular weight is 392 g/mol. The van der Waals surface area contributed by atoms with Gasteiger partial charge in [-0.1, -0.05) is 12.1 Å². The summed E-state index contributed by atoms with van der Waals surface area (Å²) in [5, 5.41) is 2.52. The number of aryl methyl sites for hydroxylation is 1. The van der Waals surface area contributed by atoms with E-state index in [0.717, 1.165) is 29.8 Å². The molecule has 0 spiro atoms. The van der Waals surface area contributed by atoms with Crippen LogP contribution in [0.1, 0.15) is 27.9 Å². The number of nitrogens with zero attached hydrogens (tertiary/aromatic N) is 1. The number of ether oxygens (including phenoxy) is 1. The Balaban J connectivity index is 1.84. The summed E-state index contributed by atoms with van der Waals surface area (Å²) in [6, 6.07) is 9.59. The molecule has 0 fully saturated rings. The van der Waals surface area contributed by atoms with Crippen molar-refractivity contribution < 1.29 is 27.5 Å². The number of alkyl halides is 3. The van der Waals surface area contributed by atoms with Crippen LogP contribution in [0.15, 0.2) is 42.5 Å². The number of hydrogen-bond donors (Lipinski definition) is 1. The quantitative estimate of drug-likeness (QED) is 0.859. The fourth-order valence-corrected chi connectivity index (χ4v) is 3.26. The van der Waals surface area contributed by atoms with Gasteiger partial charge in [-0.05, 0) is 48.7 Å². The second kappa shape index (κ2) is 8.02. The van der Waals surface area contributed by atoms with Crippen molar-refractivity contribution in [1.82, 2.24) is 0 Å². The van der Waals surface area contributed by atoms with Gasteiger partial charge in [0.25, 0.3) is 11.8 Å². The summed E-state index contributed by atoms with van der Waals surface area (Å²) in [6.07, 6.45) is -3.17. The second-order valence-corrected chi connectivity index (χ2v) is 6.42. The fraction of sp³-hybridized carbons (Fsp3) is 0.300. The Morgan fingerprint density at radius 1 is 1.18 bits per heavy atom. The molecule has 0 aromatic heterocycles. The average Bonchev–Trinajstić information content (AvgIpc) is 2.66. The number of amides is 2. The molecule has 0 saturated carbocycles. The highest BCUT2D eigenvalue weighted by atomic mass is 19.4. The Hall–Kier alpha value is -2.87. The molecule has 5 nitrogen and oxygen atoms in total. The van der Waals surface area contributed by atoms with Crippen molar-refractivity contribution in [3.8, 4) is 0 Å². The van der Waals surface area contributed by atoms with Gasteiger partial charge in [0.1, 0.15) is 6.61 Å². The number of anilines is 2. The second-order valence-electron chi connectivity index (χ2n) is 6.42. The number of benzene rings is 2. The highest BCUT2D eigenvalue weighted by Gasteiger charge is 2.35. The maximum atomic E-state index is 13.1. The molecule has 0 radical (unpaired) electrons. The van der Waals surface area contributed by atoms with Gasteiger partial charge < -0.3 is 15.0 Å². The smallest absolute Gasteiger partial charge is 0.375 e. The molecule has 1 N–H and O–H groups in total. The summed E-state index contributed by atoms with van der Waals surface area (Å²) in [5.41, 5.74) is 0.521. The van der Waals surface area contributed by atoms with Gasteiger partial charge in [-0.25, -0.2) is 0 Å². The Kier molecular flexibility index (Phi) is 5.69. The number of carbonyl (C=O) groups is 2. The van der Waals surface area contributed by atoms with Gasteiger partial charge in [0, 0.05) is 25.0 Å². The van der Waals surface area contributed by atoms with E-state index in [1.54, 1.807) is 23.1 Å². The largest absolute Gasteiger partial charge is 0.417 e. The van der Waals surface area contributed by atoms with Crippen LogP contribution < -0.4 is 10.2 Å². The highest BCUT2D eigenvalue weighted by Crippen LogP contribution is 2.33. The molecule has 0 atom stereocenters. The van der Waals surface area contributed by atoms with Crippen molar-refractivity contribution >= 4 is 23.2 Å². The normalized spacial score (nSPS) is 13.8. The molecule has 2 aromatic carbocycles. The topological polar surface area (TPSA) is 58.6 Å². The van der Waals surface area contributed by atoms with Crippen LogP contribution in [0, 0.1) is 0 Å². The lowest BCUT2D eigenvalue weighted by molar-refractivity contribution is -0.137. The molecule has 8 heteroatoms. The third-order valence-corrected chi connectivity index (χ3v) is 4.50. The third-order valence-electron chi connectivity index (χ3n) is 4.50. The number of fused-ring (bicyclic) bond motifs is 1. The number of carbonyl (C=O) groups excluding carboxylic acids is 2. The van der Waals surface area contributed by atoms with Crippen LogP contribution in [0.3, 0.4) is 0 Å². The lowest BCUT2D eigenvalue weighted by atomic mass is 10.0. The molecule has 148 valence electrons. The van der Waals surface area contributed by atoms with Crippen LogP contribution in [-0.4, -0.2) is 32.1 Å². The summed E-state index contributed by atoms with van der Waals surface area (Å²) in [4.78, 5) is 26.2. The van der Waals surface area contributed by atoms with Crippen LogP contribution in [0.4, 0.5) is 24.5 Å². The Morgan fingerprint density at radius 3 is 2.64 bits per heavy atom. The first-order valence-electron chi connectivity index (χ1n) is 8.71. The van der Waals surface area contributed by atoms with E-state index in [9.17, 15) is 22.8 Å². The van der Waals surface area contributed by atoms with E-state index in [0.29, 0.717) is 18.7 Å². The summed E-state index contributed by atoms with van der Waals surface area (Å²) in [5.74, 6) is -1.00. The van der Waals surface area contributed by atoms with Gasteiger partial charge in [0.05, 0.1) is 11.1 Å². The van der Waals surface area contributed by atoms with Gasteiger partial charge in [0.2, 0.25) is 0 Å². The van der Waals surface area contributed by atoms with E-state index in [4.69, 9.17) is 4.74 Å². The monoisotopic (exact) mass is 392 g/mol. The number of nitrogens with one attached hydrogen (secondary N) is 1. The fourth-order valence-electron chi connectivity index (χ4n) is 3.26. The zero-order valence-electron chi connectivity index (χ0n) is 15.2. The SMILES string of the molecule is COCC(=O)N1CCCc2cc(NC(=O)c3ccccc3C(F)(F)F)ccc21. The van der Waals surface area contributed by atoms with Crippen molar-refractivity contribution in [2.75, 3.05) is 30.5 Å². The van der Waals surface area contributed by atoms with Crippen LogP contribution in [0.2, 0.25) is 0 Å². The number of hydrogen-bond acceptors (Lipinski definition) is 3. The first-order valence-corrected chi connectivity index (χ1v) is 8.71. The van der Waals surface area contributed by atoms with Crippen LogP contribution in [0.25, 0.3) is 0 Å². The van der Waals surface area contributed by atoms with Crippen molar-refractivity contribution in [2.45, 2.75) is 19.0 Å². The van der Waals surface area contributed by atoms with Crippen molar-refractivity contribution in [1.29, 1.82) is 0 Å². The van der Waals surface area contributed by atoms with Gasteiger partial charge in [0.15, 0.2) is 0 Å². The van der Waals surface area contributed by atoms with Gasteiger partial charge in [-0.3, -0.25) is 9.59 Å². The zero-order chi connectivity index (χ0) is 20.3. The minimum Gasteiger partial charge on any atom is -0.375 e. The van der Waals surface area contributed by atoms with Gasteiger partial charge in [-0.2, -0.15) is 13.2 Å². The van der Waals surface area contributed by atoms with Crippen LogP contribution in [-0.2, 0) is 22.1 Å². The summed E-state index contributed by atoms with van der Waals surface area (Å²) in [6.45, 7) is 0.534. The maximum Gasteiger partial charge on any atom is 0.417 e. The van der Waals surface area contributed by atoms with E-state index >= 15 is 0 Å². The predicted molar refractivity (Wildman–Crippen MR) is 98.4 cm³/mol. The lowest BCUT2D eigenvalue weighted by Gasteiger charge is -2.29. The first kappa shape index (κ1) is 19.9. The van der Waals surface area contributed by atoms with E-state index < -0.39 is 23.2 Å². The molecule has 1 aliphatic heterocycles. The van der Waals surface area contributed by atoms with Crippen LogP contribution >= 0.6 is 0 Å². The highest BCUT2D eigenvalue weighted by molar-refractivity contribution is 6.05. The molecule has 2 aromatic rings. The minimum atomic E-state index is -4.62. The first-order chi connectivity index (χ1) is 13.3. The molecule has 0 aliphatic carbocycles. The van der Waals surface area contributed by atoms with Crippen molar-refractivity contribution in [2.24, 2.45) is 0 Å². The molecule has 0 unspecified atom stereocenters.